The molecule has 0 aliphatic carbocycles. The zero-order valence-corrected chi connectivity index (χ0v) is 8.22. The van der Waals surface area contributed by atoms with Crippen LogP contribution in [-0.2, 0) is 6.42 Å². The van der Waals surface area contributed by atoms with Crippen molar-refractivity contribution in [2.45, 2.75) is 6.42 Å². The highest BCUT2D eigenvalue weighted by Gasteiger charge is 2.11. The third-order valence-corrected chi connectivity index (χ3v) is 2.63. The summed E-state index contributed by atoms with van der Waals surface area (Å²) in [6, 6.07) is 6.57. The Kier molecular flexibility index (Phi) is 2.72. The van der Waals surface area contributed by atoms with Crippen molar-refractivity contribution in [3.8, 4) is 0 Å². The van der Waals surface area contributed by atoms with Gasteiger partial charge in [-0.1, -0.05) is 16.7 Å². The summed E-state index contributed by atoms with van der Waals surface area (Å²) >= 11 is 1.40. The molecule has 0 unspecified atom stereocenters. The molecular formula is C9H10FN3S. The summed E-state index contributed by atoms with van der Waals surface area (Å²) in [5.74, 6) is 5.26. The maximum Gasteiger partial charge on any atom is 0.123 e. The predicted octanol–water partition coefficient (Wildman–Crippen LogP) is 1.55. The molecule has 1 aliphatic heterocycles. The number of hydrazine groups is 2. The first kappa shape index (κ1) is 9.51. The van der Waals surface area contributed by atoms with E-state index in [1.165, 1.54) is 28.6 Å². The summed E-state index contributed by atoms with van der Waals surface area (Å²) in [6.07, 6.45) is 2.51. The van der Waals surface area contributed by atoms with Crippen molar-refractivity contribution in [3.05, 3.63) is 46.8 Å². The van der Waals surface area contributed by atoms with Crippen LogP contribution in [0.4, 0.5) is 4.39 Å². The van der Waals surface area contributed by atoms with E-state index in [9.17, 15) is 4.39 Å². The smallest absolute Gasteiger partial charge is 0.123 e. The molecule has 14 heavy (non-hydrogen) atoms. The van der Waals surface area contributed by atoms with Crippen LogP contribution in [0.3, 0.4) is 0 Å². The second kappa shape index (κ2) is 4.00. The molecule has 3 N–H and O–H groups in total. The number of hydrogen-bond acceptors (Lipinski definition) is 4. The van der Waals surface area contributed by atoms with Gasteiger partial charge in [0.1, 0.15) is 5.82 Å². The zero-order chi connectivity index (χ0) is 9.97. The van der Waals surface area contributed by atoms with Crippen LogP contribution in [0.15, 0.2) is 35.4 Å². The van der Waals surface area contributed by atoms with Gasteiger partial charge in [0.05, 0.1) is 0 Å². The lowest BCUT2D eigenvalue weighted by Gasteiger charge is -2.05. The summed E-state index contributed by atoms with van der Waals surface area (Å²) in [5.41, 5.74) is 3.77. The lowest BCUT2D eigenvalue weighted by Crippen LogP contribution is -2.30. The van der Waals surface area contributed by atoms with Crippen molar-refractivity contribution < 1.29 is 4.39 Å². The maximum atomic E-state index is 12.8. The minimum Gasteiger partial charge on any atom is -0.302 e. The van der Waals surface area contributed by atoms with Gasteiger partial charge in [-0.05, 0) is 29.6 Å². The van der Waals surface area contributed by atoms with Gasteiger partial charge in [-0.2, -0.15) is 0 Å². The average molecular weight is 211 g/mol. The highest BCUT2D eigenvalue weighted by molar-refractivity contribution is 8.00. The van der Waals surface area contributed by atoms with Crippen LogP contribution in [0, 0.1) is 5.82 Å². The van der Waals surface area contributed by atoms with Gasteiger partial charge in [-0.25, -0.2) is 10.2 Å². The van der Waals surface area contributed by atoms with E-state index in [1.807, 2.05) is 12.3 Å². The van der Waals surface area contributed by atoms with Gasteiger partial charge in [-0.15, -0.1) is 0 Å². The van der Waals surface area contributed by atoms with E-state index in [-0.39, 0.29) is 5.82 Å². The molecule has 1 heterocycles. The molecule has 0 aromatic heterocycles. The van der Waals surface area contributed by atoms with Gasteiger partial charge in [0, 0.05) is 17.5 Å². The number of nitrogens with two attached hydrogens (primary N) is 1. The Labute approximate surface area is 85.8 Å². The number of allylic oxidation sites excluding steroid dienone is 1. The van der Waals surface area contributed by atoms with Crippen molar-refractivity contribution in [3.63, 3.8) is 0 Å². The first-order valence-corrected chi connectivity index (χ1v) is 4.94. The summed E-state index contributed by atoms with van der Waals surface area (Å²) < 4.78 is 14.3. The van der Waals surface area contributed by atoms with E-state index in [0.717, 1.165) is 10.5 Å². The highest BCUT2D eigenvalue weighted by atomic mass is 32.2. The number of nitrogens with one attached hydrogen (secondary N) is 1. The van der Waals surface area contributed by atoms with Crippen LogP contribution in [0.2, 0.25) is 0 Å². The molecule has 0 radical (unpaired) electrons. The molecule has 0 fully saturated rings. The van der Waals surface area contributed by atoms with Gasteiger partial charge < -0.3 is 5.43 Å². The number of hydrogen-bond donors (Lipinski definition) is 2. The fraction of sp³-hybridized carbons (Fsp3) is 0.111. The first-order valence-electron chi connectivity index (χ1n) is 4.16. The largest absolute Gasteiger partial charge is 0.302 e. The fourth-order valence-electron chi connectivity index (χ4n) is 1.25. The second-order valence-corrected chi connectivity index (χ2v) is 4.06. The molecule has 0 bridgehead atoms. The fourth-order valence-corrected chi connectivity index (χ4v) is 1.94. The molecule has 0 saturated carbocycles. The lowest BCUT2D eigenvalue weighted by molar-refractivity contribution is 0.440. The Morgan fingerprint density at radius 2 is 2.36 bits per heavy atom. The molecule has 3 nitrogen and oxygen atoms in total. The Bertz CT molecular complexity index is 367. The molecule has 0 amide bonds. The van der Waals surface area contributed by atoms with E-state index in [0.29, 0.717) is 6.42 Å². The molecule has 1 aromatic carbocycles. The molecule has 0 saturated heterocycles. The summed E-state index contributed by atoms with van der Waals surface area (Å²) in [7, 11) is 0. The Hall–Kier alpha value is -1.04. The summed E-state index contributed by atoms with van der Waals surface area (Å²) in [5, 5.41) is 0. The molecule has 5 heteroatoms. The van der Waals surface area contributed by atoms with Crippen LogP contribution < -0.4 is 11.3 Å². The van der Waals surface area contributed by atoms with E-state index in [4.69, 9.17) is 5.84 Å². The lowest BCUT2D eigenvalue weighted by atomic mass is 10.1. The van der Waals surface area contributed by atoms with Gasteiger partial charge in [0.15, 0.2) is 0 Å². The Morgan fingerprint density at radius 3 is 3.00 bits per heavy atom. The third-order valence-electron chi connectivity index (χ3n) is 1.84. The number of rotatable bonds is 2. The Balaban J connectivity index is 2.04. The van der Waals surface area contributed by atoms with Crippen LogP contribution in [0.5, 0.6) is 0 Å². The van der Waals surface area contributed by atoms with E-state index in [1.54, 1.807) is 6.07 Å². The molecule has 2 rings (SSSR count). The topological polar surface area (TPSA) is 41.3 Å². The highest BCUT2D eigenvalue weighted by Crippen LogP contribution is 2.24. The van der Waals surface area contributed by atoms with Gasteiger partial charge in [0.25, 0.3) is 0 Å². The van der Waals surface area contributed by atoms with E-state index in [2.05, 4.69) is 5.43 Å². The Morgan fingerprint density at radius 1 is 1.50 bits per heavy atom. The monoisotopic (exact) mass is 211 g/mol. The van der Waals surface area contributed by atoms with E-state index >= 15 is 0 Å². The molecule has 1 aromatic rings. The minimum absolute atomic E-state index is 0.205. The maximum absolute atomic E-state index is 12.8. The molecule has 1 aliphatic rings. The van der Waals surface area contributed by atoms with Crippen molar-refractivity contribution in [1.82, 2.24) is 9.95 Å². The number of nitrogens with zero attached hydrogens (tertiary/aromatic N) is 1. The van der Waals surface area contributed by atoms with Crippen molar-refractivity contribution in [1.29, 1.82) is 0 Å². The van der Waals surface area contributed by atoms with Crippen LogP contribution in [0.1, 0.15) is 5.56 Å². The van der Waals surface area contributed by atoms with Gasteiger partial charge in [0.2, 0.25) is 0 Å². The van der Waals surface area contributed by atoms with Crippen molar-refractivity contribution >= 4 is 11.9 Å². The van der Waals surface area contributed by atoms with Crippen LogP contribution in [0.25, 0.3) is 0 Å². The minimum atomic E-state index is -0.205. The quantitative estimate of drug-likeness (QED) is 0.575. The summed E-state index contributed by atoms with van der Waals surface area (Å²) in [6.45, 7) is 0. The predicted molar refractivity (Wildman–Crippen MR) is 54.9 cm³/mol. The average Bonchev–Trinajstić information content (AvgIpc) is 2.51. The van der Waals surface area contributed by atoms with Gasteiger partial charge in [-0.3, -0.25) is 0 Å². The van der Waals surface area contributed by atoms with Gasteiger partial charge >= 0.3 is 0 Å². The summed E-state index contributed by atoms with van der Waals surface area (Å²) in [4.78, 5) is 1.07. The van der Waals surface area contributed by atoms with Crippen molar-refractivity contribution in [2.24, 2.45) is 5.84 Å². The number of benzene rings is 1. The number of halogens is 1. The molecular weight excluding hydrogens is 201 g/mol. The second-order valence-electron chi connectivity index (χ2n) is 2.96. The third kappa shape index (κ3) is 2.25. The van der Waals surface area contributed by atoms with Crippen molar-refractivity contribution in [2.75, 3.05) is 0 Å². The zero-order valence-electron chi connectivity index (χ0n) is 7.40. The van der Waals surface area contributed by atoms with Crippen LogP contribution in [-0.4, -0.2) is 4.52 Å². The molecule has 0 spiro atoms. The first-order chi connectivity index (χ1) is 6.74. The normalized spacial score (nSPS) is 16.6. The standard InChI is InChI=1S/C9H10FN3S/c10-8-3-1-2-7(4-8)5-9-6-12-13(11)14-9/h1-4,6,12H,5,11H2. The van der Waals surface area contributed by atoms with Crippen LogP contribution >= 0.6 is 11.9 Å². The SMILES string of the molecule is NN1NC=C(Cc2cccc(F)c2)S1. The molecule has 74 valence electrons. The van der Waals surface area contributed by atoms with E-state index < -0.39 is 0 Å². The molecule has 0 atom stereocenters.